The number of H-pyrrole nitrogens is 1. The van der Waals surface area contributed by atoms with E-state index in [9.17, 15) is 14.4 Å². The molecule has 4 saturated carbocycles. The fraction of sp³-hybridized carbons (Fsp3) is 0.500. The zero-order valence-electron chi connectivity index (χ0n) is 18.0. The fourth-order valence-electron chi connectivity index (χ4n) is 6.52. The lowest BCUT2D eigenvalue weighted by molar-refractivity contribution is -0.132. The number of hydrazine groups is 1. The van der Waals surface area contributed by atoms with Crippen molar-refractivity contribution in [2.45, 2.75) is 44.9 Å². The molecule has 1 heterocycles. The molecule has 8 nitrogen and oxygen atoms in total. The average Bonchev–Trinajstić information content (AvgIpc) is 3.26. The quantitative estimate of drug-likeness (QED) is 0.522. The smallest absolute Gasteiger partial charge is 0.287 e. The van der Waals surface area contributed by atoms with Crippen LogP contribution in [0.1, 0.15) is 55.4 Å². The lowest BCUT2D eigenvalue weighted by atomic mass is 9.49. The minimum absolute atomic E-state index is 0.0745. The third-order valence-corrected chi connectivity index (χ3v) is 7.35. The predicted molar refractivity (Wildman–Crippen MR) is 118 cm³/mol. The van der Waals surface area contributed by atoms with Gasteiger partial charge in [-0.3, -0.25) is 30.3 Å². The van der Waals surface area contributed by atoms with Crippen molar-refractivity contribution in [2.24, 2.45) is 23.2 Å². The van der Waals surface area contributed by atoms with Gasteiger partial charge in [-0.05, 0) is 67.8 Å². The van der Waals surface area contributed by atoms with Crippen LogP contribution >= 0.6 is 0 Å². The lowest BCUT2D eigenvalue weighted by Crippen LogP contribution is -2.49. The maximum absolute atomic E-state index is 12.5. The first-order valence-corrected chi connectivity index (χ1v) is 11.4. The zero-order chi connectivity index (χ0) is 22.1. The summed E-state index contributed by atoms with van der Waals surface area (Å²) >= 11 is 0. The molecule has 0 saturated heterocycles. The number of carbonyl (C=O) groups is 3. The minimum Gasteiger partial charge on any atom is -0.347 e. The number of rotatable bonds is 6. The summed E-state index contributed by atoms with van der Waals surface area (Å²) in [5, 5.41) is 9.52. The van der Waals surface area contributed by atoms with Crippen molar-refractivity contribution in [2.75, 3.05) is 6.54 Å². The topological polar surface area (TPSA) is 116 Å². The molecule has 32 heavy (non-hydrogen) atoms. The van der Waals surface area contributed by atoms with E-state index in [1.165, 1.54) is 19.3 Å². The van der Waals surface area contributed by atoms with E-state index in [-0.39, 0.29) is 23.6 Å². The molecule has 0 unspecified atom stereocenters. The number of benzene rings is 1. The second kappa shape index (κ2) is 8.41. The van der Waals surface area contributed by atoms with Gasteiger partial charge in [0.15, 0.2) is 0 Å². The summed E-state index contributed by atoms with van der Waals surface area (Å²) in [6.07, 6.45) is 7.99. The van der Waals surface area contributed by atoms with Gasteiger partial charge in [-0.25, -0.2) is 0 Å². The number of hydrogen-bond acceptors (Lipinski definition) is 4. The van der Waals surface area contributed by atoms with Crippen LogP contribution in [0, 0.1) is 23.2 Å². The van der Waals surface area contributed by atoms with Gasteiger partial charge in [-0.15, -0.1) is 0 Å². The van der Waals surface area contributed by atoms with Crippen LogP contribution in [-0.2, 0) is 9.59 Å². The highest BCUT2D eigenvalue weighted by molar-refractivity contribution is 5.95. The summed E-state index contributed by atoms with van der Waals surface area (Å²) in [4.78, 5) is 36.9. The number of nitrogens with one attached hydrogen (secondary N) is 4. The Morgan fingerprint density at radius 2 is 1.59 bits per heavy atom. The van der Waals surface area contributed by atoms with Crippen LogP contribution in [0.25, 0.3) is 11.3 Å². The highest BCUT2D eigenvalue weighted by atomic mass is 16.2. The third kappa shape index (κ3) is 4.40. The molecule has 1 aromatic carbocycles. The Kier molecular flexibility index (Phi) is 5.45. The van der Waals surface area contributed by atoms with Gasteiger partial charge >= 0.3 is 0 Å². The van der Waals surface area contributed by atoms with Crippen LogP contribution in [0.2, 0.25) is 0 Å². The fourth-order valence-corrected chi connectivity index (χ4v) is 6.52. The Hall–Kier alpha value is -3.16. The number of aromatic nitrogens is 2. The van der Waals surface area contributed by atoms with E-state index in [4.69, 9.17) is 0 Å². The van der Waals surface area contributed by atoms with Gasteiger partial charge in [-0.2, -0.15) is 5.10 Å². The summed E-state index contributed by atoms with van der Waals surface area (Å²) in [5.74, 6) is 1.31. The van der Waals surface area contributed by atoms with Gasteiger partial charge in [-0.1, -0.05) is 30.3 Å². The molecule has 2 aromatic rings. The summed E-state index contributed by atoms with van der Waals surface area (Å²) < 4.78 is 0. The Morgan fingerprint density at radius 3 is 2.25 bits per heavy atom. The highest BCUT2D eigenvalue weighted by Gasteiger charge is 2.51. The molecule has 6 rings (SSSR count). The third-order valence-electron chi connectivity index (χ3n) is 7.35. The van der Waals surface area contributed by atoms with Crippen LogP contribution in [-0.4, -0.2) is 34.5 Å². The Morgan fingerprint density at radius 1 is 0.938 bits per heavy atom. The highest BCUT2D eigenvalue weighted by Crippen LogP contribution is 2.61. The molecule has 4 fully saturated rings. The largest absolute Gasteiger partial charge is 0.347 e. The van der Waals surface area contributed by atoms with E-state index in [0.29, 0.717) is 12.1 Å². The molecule has 4 N–H and O–H groups in total. The number of amides is 3. The molecule has 0 radical (unpaired) electrons. The van der Waals surface area contributed by atoms with Crippen molar-refractivity contribution >= 4 is 17.7 Å². The van der Waals surface area contributed by atoms with Crippen LogP contribution in [0.4, 0.5) is 0 Å². The van der Waals surface area contributed by atoms with Gasteiger partial charge in [0.05, 0.1) is 12.2 Å². The Balaban J connectivity index is 1.06. The summed E-state index contributed by atoms with van der Waals surface area (Å²) in [6.45, 7) is -0.163. The van der Waals surface area contributed by atoms with Crippen molar-refractivity contribution < 1.29 is 14.4 Å². The van der Waals surface area contributed by atoms with Crippen molar-refractivity contribution in [3.8, 4) is 11.3 Å². The maximum atomic E-state index is 12.5. The first-order valence-electron chi connectivity index (χ1n) is 11.4. The zero-order valence-corrected chi connectivity index (χ0v) is 18.0. The molecule has 4 aliphatic carbocycles. The van der Waals surface area contributed by atoms with Gasteiger partial charge in [0.2, 0.25) is 5.91 Å². The van der Waals surface area contributed by atoms with Crippen LogP contribution in [0.3, 0.4) is 0 Å². The molecule has 4 aliphatic rings. The van der Waals surface area contributed by atoms with Crippen LogP contribution in [0.15, 0.2) is 36.4 Å². The number of carbonyl (C=O) groups excluding carboxylic acids is 3. The second-order valence-corrected chi connectivity index (χ2v) is 9.91. The molecule has 8 heteroatoms. The van der Waals surface area contributed by atoms with E-state index in [2.05, 4.69) is 26.4 Å². The summed E-state index contributed by atoms with van der Waals surface area (Å²) in [7, 11) is 0. The van der Waals surface area contributed by atoms with E-state index in [0.717, 1.165) is 42.6 Å². The van der Waals surface area contributed by atoms with Gasteiger partial charge in [0.1, 0.15) is 5.69 Å². The standard InChI is InChI=1S/C24H29N5O3/c30-21(13-24-10-15-6-16(11-24)8-17(7-15)12-24)25-14-22(31)28-29-23(32)20-9-19(26-27-20)18-4-2-1-3-5-18/h1-5,9,15-17H,6-8,10-14H2,(H,25,30)(H,26,27)(H,28,31)(H,29,32). The molecule has 0 aliphatic heterocycles. The van der Waals surface area contributed by atoms with Crippen molar-refractivity contribution in [3.63, 3.8) is 0 Å². The minimum atomic E-state index is -0.507. The predicted octanol–water partition coefficient (Wildman–Crippen LogP) is 2.56. The summed E-state index contributed by atoms with van der Waals surface area (Å²) in [6, 6.07) is 11.1. The number of nitrogens with zero attached hydrogens (tertiary/aromatic N) is 1. The lowest BCUT2D eigenvalue weighted by Gasteiger charge is -2.56. The first-order chi connectivity index (χ1) is 15.5. The average molecular weight is 436 g/mol. The van der Waals surface area contributed by atoms with Gasteiger partial charge in [0.25, 0.3) is 11.8 Å². The molecule has 0 spiro atoms. The molecule has 168 valence electrons. The summed E-state index contributed by atoms with van der Waals surface area (Å²) in [5.41, 5.74) is 6.59. The van der Waals surface area contributed by atoms with E-state index < -0.39 is 11.8 Å². The Labute approximate surface area is 186 Å². The van der Waals surface area contributed by atoms with E-state index in [1.54, 1.807) is 6.07 Å². The molecule has 0 atom stereocenters. The van der Waals surface area contributed by atoms with Crippen LogP contribution in [0.5, 0.6) is 0 Å². The molecular formula is C24H29N5O3. The SMILES string of the molecule is O=C(CC12CC3CC(CC(C3)C1)C2)NCC(=O)NNC(=O)c1cc(-c2ccccc2)n[nH]1. The molecular weight excluding hydrogens is 406 g/mol. The van der Waals surface area contributed by atoms with E-state index >= 15 is 0 Å². The van der Waals surface area contributed by atoms with Crippen molar-refractivity contribution in [3.05, 3.63) is 42.1 Å². The van der Waals surface area contributed by atoms with E-state index in [1.807, 2.05) is 30.3 Å². The molecule has 3 amide bonds. The van der Waals surface area contributed by atoms with Crippen molar-refractivity contribution in [1.29, 1.82) is 0 Å². The van der Waals surface area contributed by atoms with Crippen molar-refractivity contribution in [1.82, 2.24) is 26.4 Å². The van der Waals surface area contributed by atoms with Gasteiger partial charge in [0, 0.05) is 12.0 Å². The molecule has 4 bridgehead atoms. The monoisotopic (exact) mass is 435 g/mol. The second-order valence-electron chi connectivity index (χ2n) is 9.91. The maximum Gasteiger partial charge on any atom is 0.287 e. The normalized spacial score (nSPS) is 27.7. The number of aromatic amines is 1. The van der Waals surface area contributed by atoms with Crippen LogP contribution < -0.4 is 16.2 Å². The first kappa shape index (κ1) is 20.7. The number of hydrogen-bond donors (Lipinski definition) is 4. The molecule has 1 aromatic heterocycles. The Bertz CT molecular complexity index is 980. The van der Waals surface area contributed by atoms with Gasteiger partial charge < -0.3 is 5.32 Å².